The third-order valence-electron chi connectivity index (χ3n) is 4.04. The SMILES string of the molecule is CCOc1ccc(N2C[C@H](NC(=O)c3ccccc3Cl)CC2=O)cc1. The summed E-state index contributed by atoms with van der Waals surface area (Å²) in [5, 5.41) is 3.28. The summed E-state index contributed by atoms with van der Waals surface area (Å²) in [7, 11) is 0. The fourth-order valence-corrected chi connectivity index (χ4v) is 3.07. The highest BCUT2D eigenvalue weighted by Crippen LogP contribution is 2.24. The number of nitrogens with zero attached hydrogens (tertiary/aromatic N) is 1. The van der Waals surface area contributed by atoms with Crippen molar-refractivity contribution >= 4 is 29.1 Å². The Morgan fingerprint density at radius 3 is 2.64 bits per heavy atom. The number of carbonyl (C=O) groups is 2. The van der Waals surface area contributed by atoms with Crippen LogP contribution in [0.1, 0.15) is 23.7 Å². The van der Waals surface area contributed by atoms with Crippen LogP contribution in [0.5, 0.6) is 5.75 Å². The highest BCUT2D eigenvalue weighted by atomic mass is 35.5. The van der Waals surface area contributed by atoms with E-state index in [9.17, 15) is 9.59 Å². The predicted octanol–water partition coefficient (Wildman–Crippen LogP) is 3.27. The molecule has 0 unspecified atom stereocenters. The average molecular weight is 359 g/mol. The summed E-state index contributed by atoms with van der Waals surface area (Å²) >= 11 is 6.05. The molecule has 6 heteroatoms. The topological polar surface area (TPSA) is 58.6 Å². The summed E-state index contributed by atoms with van der Waals surface area (Å²) in [6.45, 7) is 2.95. The first-order valence-electron chi connectivity index (χ1n) is 8.17. The Bertz CT molecular complexity index is 776. The minimum Gasteiger partial charge on any atom is -0.494 e. The van der Waals surface area contributed by atoms with Gasteiger partial charge in [0.25, 0.3) is 5.91 Å². The van der Waals surface area contributed by atoms with Gasteiger partial charge in [0.05, 0.1) is 23.2 Å². The van der Waals surface area contributed by atoms with Gasteiger partial charge in [-0.2, -0.15) is 0 Å². The fraction of sp³-hybridized carbons (Fsp3) is 0.263. The monoisotopic (exact) mass is 358 g/mol. The van der Waals surface area contributed by atoms with Crippen LogP contribution in [-0.4, -0.2) is 31.0 Å². The van der Waals surface area contributed by atoms with Crippen molar-refractivity contribution in [3.8, 4) is 5.75 Å². The van der Waals surface area contributed by atoms with E-state index in [1.807, 2.05) is 31.2 Å². The van der Waals surface area contributed by atoms with Gasteiger partial charge in [-0.25, -0.2) is 0 Å². The normalized spacial score (nSPS) is 16.8. The van der Waals surface area contributed by atoms with Crippen molar-refractivity contribution in [1.29, 1.82) is 0 Å². The first kappa shape index (κ1) is 17.3. The number of carbonyl (C=O) groups excluding carboxylic acids is 2. The van der Waals surface area contributed by atoms with E-state index >= 15 is 0 Å². The molecule has 1 atom stereocenters. The van der Waals surface area contributed by atoms with Crippen molar-refractivity contribution in [2.75, 3.05) is 18.1 Å². The Morgan fingerprint density at radius 1 is 1.24 bits per heavy atom. The summed E-state index contributed by atoms with van der Waals surface area (Å²) in [6, 6.07) is 14.0. The minimum absolute atomic E-state index is 0.0198. The van der Waals surface area contributed by atoms with Crippen molar-refractivity contribution in [3.63, 3.8) is 0 Å². The maximum absolute atomic E-state index is 12.3. The summed E-state index contributed by atoms with van der Waals surface area (Å²) in [4.78, 5) is 26.3. The van der Waals surface area contributed by atoms with Crippen LogP contribution in [0.25, 0.3) is 0 Å². The van der Waals surface area contributed by atoms with Crippen LogP contribution in [-0.2, 0) is 4.79 Å². The molecule has 0 saturated carbocycles. The average Bonchev–Trinajstić information content (AvgIpc) is 2.96. The molecule has 1 heterocycles. The van der Waals surface area contributed by atoms with Crippen molar-refractivity contribution in [3.05, 3.63) is 59.1 Å². The molecule has 2 aromatic rings. The molecule has 1 aliphatic heterocycles. The van der Waals surface area contributed by atoms with Gasteiger partial charge in [-0.3, -0.25) is 9.59 Å². The molecular formula is C19H19ClN2O3. The van der Waals surface area contributed by atoms with Crippen LogP contribution in [0.3, 0.4) is 0 Å². The maximum Gasteiger partial charge on any atom is 0.253 e. The van der Waals surface area contributed by atoms with Gasteiger partial charge in [-0.15, -0.1) is 0 Å². The molecule has 3 rings (SSSR count). The predicted molar refractivity (Wildman–Crippen MR) is 97.3 cm³/mol. The molecule has 1 saturated heterocycles. The third-order valence-corrected chi connectivity index (χ3v) is 4.37. The first-order chi connectivity index (χ1) is 12.1. The zero-order valence-corrected chi connectivity index (χ0v) is 14.6. The van der Waals surface area contributed by atoms with E-state index in [1.54, 1.807) is 29.2 Å². The second-order valence-electron chi connectivity index (χ2n) is 5.79. The lowest BCUT2D eigenvalue weighted by Crippen LogP contribution is -2.37. The molecule has 0 spiro atoms. The lowest BCUT2D eigenvalue weighted by Gasteiger charge is -2.18. The van der Waals surface area contributed by atoms with E-state index in [1.165, 1.54) is 0 Å². The molecule has 1 aliphatic rings. The Morgan fingerprint density at radius 2 is 1.96 bits per heavy atom. The molecule has 0 aromatic heterocycles. The number of hydrogen-bond donors (Lipinski definition) is 1. The number of nitrogens with one attached hydrogen (secondary N) is 1. The van der Waals surface area contributed by atoms with E-state index in [0.29, 0.717) is 23.7 Å². The van der Waals surface area contributed by atoms with Crippen LogP contribution < -0.4 is 15.0 Å². The minimum atomic E-state index is -0.267. The van der Waals surface area contributed by atoms with E-state index in [2.05, 4.69) is 5.32 Å². The number of ether oxygens (including phenoxy) is 1. The highest BCUT2D eigenvalue weighted by Gasteiger charge is 2.32. The highest BCUT2D eigenvalue weighted by molar-refractivity contribution is 6.33. The molecular weight excluding hydrogens is 340 g/mol. The van der Waals surface area contributed by atoms with Crippen LogP contribution in [0.15, 0.2) is 48.5 Å². The van der Waals surface area contributed by atoms with Crippen molar-refractivity contribution in [2.24, 2.45) is 0 Å². The molecule has 1 fully saturated rings. The van der Waals surface area contributed by atoms with Gasteiger partial charge in [-0.1, -0.05) is 23.7 Å². The molecule has 0 radical (unpaired) electrons. The number of hydrogen-bond acceptors (Lipinski definition) is 3. The number of halogens is 1. The van der Waals surface area contributed by atoms with Crippen molar-refractivity contribution in [2.45, 2.75) is 19.4 Å². The zero-order valence-electron chi connectivity index (χ0n) is 13.9. The summed E-state index contributed by atoms with van der Waals surface area (Å²) in [5.41, 5.74) is 1.21. The zero-order chi connectivity index (χ0) is 17.8. The van der Waals surface area contributed by atoms with E-state index < -0.39 is 0 Å². The van der Waals surface area contributed by atoms with Gasteiger partial charge in [0.15, 0.2) is 0 Å². The molecule has 0 aliphatic carbocycles. The smallest absolute Gasteiger partial charge is 0.253 e. The fourth-order valence-electron chi connectivity index (χ4n) is 2.85. The van der Waals surface area contributed by atoms with Gasteiger partial charge < -0.3 is 15.0 Å². The summed E-state index contributed by atoms with van der Waals surface area (Å²) in [6.07, 6.45) is 0.267. The van der Waals surface area contributed by atoms with Crippen molar-refractivity contribution < 1.29 is 14.3 Å². The number of rotatable bonds is 5. The lowest BCUT2D eigenvalue weighted by atomic mass is 10.2. The Kier molecular flexibility index (Phi) is 5.24. The molecule has 5 nitrogen and oxygen atoms in total. The lowest BCUT2D eigenvalue weighted by molar-refractivity contribution is -0.117. The van der Waals surface area contributed by atoms with Crippen LogP contribution >= 0.6 is 11.6 Å². The second-order valence-corrected chi connectivity index (χ2v) is 6.19. The molecule has 1 N–H and O–H groups in total. The second kappa shape index (κ2) is 7.57. The van der Waals surface area contributed by atoms with Crippen LogP contribution in [0.2, 0.25) is 5.02 Å². The quantitative estimate of drug-likeness (QED) is 0.892. The van der Waals surface area contributed by atoms with Gasteiger partial charge in [0.2, 0.25) is 5.91 Å². The summed E-state index contributed by atoms with van der Waals surface area (Å²) < 4.78 is 5.41. The van der Waals surface area contributed by atoms with E-state index in [0.717, 1.165) is 11.4 Å². The molecule has 2 amide bonds. The van der Waals surface area contributed by atoms with Gasteiger partial charge in [0, 0.05) is 18.7 Å². The number of anilines is 1. The van der Waals surface area contributed by atoms with Gasteiger partial charge >= 0.3 is 0 Å². The largest absolute Gasteiger partial charge is 0.494 e. The maximum atomic E-state index is 12.3. The Labute approximate surface area is 151 Å². The standard InChI is InChI=1S/C19H19ClN2O3/c1-2-25-15-9-7-14(8-10-15)22-12-13(11-18(22)23)21-19(24)16-5-3-4-6-17(16)20/h3-10,13H,2,11-12H2,1H3,(H,21,24)/t13-/m1/s1. The molecule has 0 bridgehead atoms. The summed E-state index contributed by atoms with van der Waals surface area (Å²) in [5.74, 6) is 0.479. The molecule has 25 heavy (non-hydrogen) atoms. The van der Waals surface area contributed by atoms with Crippen LogP contribution in [0, 0.1) is 0 Å². The van der Waals surface area contributed by atoms with Crippen molar-refractivity contribution in [1.82, 2.24) is 5.32 Å². The van der Waals surface area contributed by atoms with Gasteiger partial charge in [0.1, 0.15) is 5.75 Å². The van der Waals surface area contributed by atoms with Crippen LogP contribution in [0.4, 0.5) is 5.69 Å². The third kappa shape index (κ3) is 3.94. The molecule has 130 valence electrons. The molecule has 2 aromatic carbocycles. The van der Waals surface area contributed by atoms with Gasteiger partial charge in [-0.05, 0) is 43.3 Å². The van der Waals surface area contributed by atoms with E-state index in [-0.39, 0.29) is 24.3 Å². The van der Waals surface area contributed by atoms with E-state index in [4.69, 9.17) is 16.3 Å². The Hall–Kier alpha value is -2.53. The number of benzene rings is 2. The number of amides is 2. The first-order valence-corrected chi connectivity index (χ1v) is 8.55. The Balaban J connectivity index is 1.66.